The quantitative estimate of drug-likeness (QED) is 0.702. The van der Waals surface area contributed by atoms with Crippen LogP contribution in [0.3, 0.4) is 0 Å². The largest absolute Gasteiger partial charge is 0.476 e. The van der Waals surface area contributed by atoms with Gasteiger partial charge in [0.2, 0.25) is 5.91 Å². The van der Waals surface area contributed by atoms with Crippen LogP contribution in [0.1, 0.15) is 50.0 Å². The summed E-state index contributed by atoms with van der Waals surface area (Å²) in [4.78, 5) is 22.4. The van der Waals surface area contributed by atoms with E-state index in [4.69, 9.17) is 5.11 Å². The third kappa shape index (κ3) is 5.54. The molecule has 0 saturated heterocycles. The lowest BCUT2D eigenvalue weighted by molar-refractivity contribution is -0.122. The van der Waals surface area contributed by atoms with Crippen LogP contribution in [0.4, 0.5) is 0 Å². The first-order valence-corrected chi connectivity index (χ1v) is 6.59. The Morgan fingerprint density at radius 3 is 2.79 bits per heavy atom. The molecule has 1 atom stereocenters. The van der Waals surface area contributed by atoms with Crippen molar-refractivity contribution in [3.8, 4) is 0 Å². The van der Waals surface area contributed by atoms with Gasteiger partial charge in [-0.05, 0) is 19.4 Å². The van der Waals surface area contributed by atoms with Crippen molar-refractivity contribution < 1.29 is 14.7 Å². The van der Waals surface area contributed by atoms with Crippen molar-refractivity contribution in [2.45, 2.75) is 52.1 Å². The molecule has 1 unspecified atom stereocenters. The summed E-state index contributed by atoms with van der Waals surface area (Å²) in [5, 5.41) is 15.4. The lowest BCUT2D eigenvalue weighted by atomic mass is 10.1. The molecule has 0 aliphatic carbocycles. The van der Waals surface area contributed by atoms with Crippen LogP contribution in [0.15, 0.2) is 12.3 Å². The van der Waals surface area contributed by atoms with E-state index in [0.717, 1.165) is 19.3 Å². The van der Waals surface area contributed by atoms with Gasteiger partial charge in [-0.2, -0.15) is 5.10 Å². The van der Waals surface area contributed by atoms with Crippen LogP contribution in [0.2, 0.25) is 0 Å². The highest BCUT2D eigenvalue weighted by Gasteiger charge is 2.11. The molecule has 6 heteroatoms. The molecule has 106 valence electrons. The smallest absolute Gasteiger partial charge is 0.356 e. The highest BCUT2D eigenvalue weighted by molar-refractivity contribution is 5.85. The fraction of sp³-hybridized carbons (Fsp3) is 0.615. The number of carboxylic acid groups (broad SMARTS) is 1. The van der Waals surface area contributed by atoms with Crippen LogP contribution >= 0.6 is 0 Å². The van der Waals surface area contributed by atoms with Gasteiger partial charge in [0.15, 0.2) is 5.69 Å². The molecule has 0 aliphatic rings. The normalized spacial score (nSPS) is 12.1. The molecule has 2 N–H and O–H groups in total. The number of carboxylic acids is 1. The number of rotatable bonds is 8. The molecule has 0 aromatic carbocycles. The van der Waals surface area contributed by atoms with Gasteiger partial charge in [-0.1, -0.05) is 26.2 Å². The molecule has 1 rings (SSSR count). The van der Waals surface area contributed by atoms with Crippen molar-refractivity contribution >= 4 is 11.9 Å². The molecule has 1 heterocycles. The topological polar surface area (TPSA) is 84.2 Å². The summed E-state index contributed by atoms with van der Waals surface area (Å²) in [6.07, 6.45) is 5.87. The fourth-order valence-electron chi connectivity index (χ4n) is 1.80. The first-order valence-electron chi connectivity index (χ1n) is 6.59. The minimum Gasteiger partial charge on any atom is -0.476 e. The van der Waals surface area contributed by atoms with Gasteiger partial charge < -0.3 is 10.4 Å². The first-order chi connectivity index (χ1) is 9.02. The van der Waals surface area contributed by atoms with Gasteiger partial charge in [0.05, 0.1) is 0 Å². The zero-order valence-corrected chi connectivity index (χ0v) is 11.4. The van der Waals surface area contributed by atoms with Gasteiger partial charge in [-0.15, -0.1) is 0 Å². The van der Waals surface area contributed by atoms with Crippen molar-refractivity contribution in [2.24, 2.45) is 0 Å². The van der Waals surface area contributed by atoms with Crippen molar-refractivity contribution in [2.75, 3.05) is 0 Å². The molecule has 0 fully saturated rings. The van der Waals surface area contributed by atoms with Crippen molar-refractivity contribution in [3.05, 3.63) is 18.0 Å². The number of aromatic carboxylic acids is 1. The zero-order valence-electron chi connectivity index (χ0n) is 11.4. The average molecular weight is 267 g/mol. The Bertz CT molecular complexity index is 429. The molecular weight excluding hydrogens is 246 g/mol. The predicted octanol–water partition coefficient (Wildman–Crippen LogP) is 1.67. The second-order valence-electron chi connectivity index (χ2n) is 4.67. The van der Waals surface area contributed by atoms with Crippen LogP contribution in [0.25, 0.3) is 0 Å². The summed E-state index contributed by atoms with van der Waals surface area (Å²) in [6, 6.07) is 1.51. The summed E-state index contributed by atoms with van der Waals surface area (Å²) in [5.74, 6) is -1.24. The standard InChI is InChI=1S/C13H21N3O3/c1-3-4-5-6-10(2)14-12(17)9-16-8-7-11(15-16)13(18)19/h7-8,10H,3-6,9H2,1-2H3,(H,14,17)(H,18,19). The molecule has 1 amide bonds. The Morgan fingerprint density at radius 1 is 1.47 bits per heavy atom. The maximum atomic E-state index is 11.7. The van der Waals surface area contributed by atoms with E-state index >= 15 is 0 Å². The Hall–Kier alpha value is -1.85. The van der Waals surface area contributed by atoms with Crippen LogP contribution in [0.5, 0.6) is 0 Å². The van der Waals surface area contributed by atoms with E-state index in [0.29, 0.717) is 0 Å². The van der Waals surface area contributed by atoms with E-state index in [-0.39, 0.29) is 24.2 Å². The Morgan fingerprint density at radius 2 is 2.21 bits per heavy atom. The Balaban J connectivity index is 2.35. The van der Waals surface area contributed by atoms with E-state index < -0.39 is 5.97 Å². The fourth-order valence-corrected chi connectivity index (χ4v) is 1.80. The van der Waals surface area contributed by atoms with Gasteiger partial charge in [0, 0.05) is 12.2 Å². The molecule has 6 nitrogen and oxygen atoms in total. The molecule has 0 spiro atoms. The van der Waals surface area contributed by atoms with Crippen LogP contribution in [0, 0.1) is 0 Å². The maximum Gasteiger partial charge on any atom is 0.356 e. The third-order valence-corrected chi connectivity index (χ3v) is 2.81. The van der Waals surface area contributed by atoms with E-state index in [1.807, 2.05) is 6.92 Å². The van der Waals surface area contributed by atoms with E-state index in [1.165, 1.54) is 23.4 Å². The van der Waals surface area contributed by atoms with Crippen molar-refractivity contribution in [1.82, 2.24) is 15.1 Å². The van der Waals surface area contributed by atoms with Gasteiger partial charge in [0.25, 0.3) is 0 Å². The predicted molar refractivity (Wildman–Crippen MR) is 70.9 cm³/mol. The summed E-state index contributed by atoms with van der Waals surface area (Å²) in [7, 11) is 0. The summed E-state index contributed by atoms with van der Waals surface area (Å²) < 4.78 is 1.33. The molecule has 19 heavy (non-hydrogen) atoms. The molecule has 1 aromatic rings. The third-order valence-electron chi connectivity index (χ3n) is 2.81. The number of unbranched alkanes of at least 4 members (excludes halogenated alkanes) is 2. The Labute approximate surface area is 112 Å². The molecular formula is C13H21N3O3. The highest BCUT2D eigenvalue weighted by atomic mass is 16.4. The number of amides is 1. The monoisotopic (exact) mass is 267 g/mol. The number of carbonyl (C=O) groups excluding carboxylic acids is 1. The van der Waals surface area contributed by atoms with E-state index in [1.54, 1.807) is 0 Å². The van der Waals surface area contributed by atoms with Crippen molar-refractivity contribution in [1.29, 1.82) is 0 Å². The lowest BCUT2D eigenvalue weighted by Gasteiger charge is -2.13. The second-order valence-corrected chi connectivity index (χ2v) is 4.67. The molecule has 0 radical (unpaired) electrons. The number of hydrogen-bond donors (Lipinski definition) is 2. The van der Waals surface area contributed by atoms with E-state index in [2.05, 4.69) is 17.3 Å². The number of nitrogens with zero attached hydrogens (tertiary/aromatic N) is 2. The minimum atomic E-state index is -1.09. The molecule has 1 aromatic heterocycles. The van der Waals surface area contributed by atoms with Crippen LogP contribution in [-0.4, -0.2) is 32.8 Å². The van der Waals surface area contributed by atoms with Crippen LogP contribution in [-0.2, 0) is 11.3 Å². The SMILES string of the molecule is CCCCCC(C)NC(=O)Cn1ccc(C(=O)O)n1. The van der Waals surface area contributed by atoms with Crippen LogP contribution < -0.4 is 5.32 Å². The van der Waals surface area contributed by atoms with Crippen molar-refractivity contribution in [3.63, 3.8) is 0 Å². The van der Waals surface area contributed by atoms with Gasteiger partial charge in [0.1, 0.15) is 6.54 Å². The molecule has 0 bridgehead atoms. The minimum absolute atomic E-state index is 0.0470. The number of hydrogen-bond acceptors (Lipinski definition) is 3. The van der Waals surface area contributed by atoms with Gasteiger partial charge in [-0.3, -0.25) is 9.48 Å². The number of carbonyl (C=O) groups is 2. The molecule has 0 aliphatic heterocycles. The molecule has 0 saturated carbocycles. The highest BCUT2D eigenvalue weighted by Crippen LogP contribution is 2.03. The van der Waals surface area contributed by atoms with E-state index in [9.17, 15) is 9.59 Å². The first kappa shape index (κ1) is 15.2. The number of nitrogens with one attached hydrogen (secondary N) is 1. The van der Waals surface area contributed by atoms with Gasteiger partial charge in [-0.25, -0.2) is 4.79 Å². The maximum absolute atomic E-state index is 11.7. The number of aromatic nitrogens is 2. The lowest BCUT2D eigenvalue weighted by Crippen LogP contribution is -2.35. The Kier molecular flexibility index (Phi) is 6.05. The zero-order chi connectivity index (χ0) is 14.3. The second kappa shape index (κ2) is 7.56. The summed E-state index contributed by atoms with van der Waals surface area (Å²) in [6.45, 7) is 4.16. The average Bonchev–Trinajstić information content (AvgIpc) is 2.77. The van der Waals surface area contributed by atoms with Gasteiger partial charge >= 0.3 is 5.97 Å². The summed E-state index contributed by atoms with van der Waals surface area (Å²) >= 11 is 0. The summed E-state index contributed by atoms with van der Waals surface area (Å²) in [5.41, 5.74) is -0.0520.